The van der Waals surface area contributed by atoms with Gasteiger partial charge in [-0.05, 0) is 111 Å². The second-order valence-electron chi connectivity index (χ2n) is 26.5. The van der Waals surface area contributed by atoms with Gasteiger partial charge in [0, 0.05) is 6.42 Å². The van der Waals surface area contributed by atoms with Gasteiger partial charge in [0.1, 0.15) is 78.5 Å². The highest BCUT2D eigenvalue weighted by atomic mass is 16.4. The second kappa shape index (κ2) is 51.1. The summed E-state index contributed by atoms with van der Waals surface area (Å²) in [4.78, 5) is 224. The van der Waals surface area contributed by atoms with Gasteiger partial charge in [-0.2, -0.15) is 0 Å². The smallest absolute Gasteiger partial charge is 0.326 e. The van der Waals surface area contributed by atoms with Crippen LogP contribution in [0.5, 0.6) is 0 Å². The van der Waals surface area contributed by atoms with E-state index >= 15 is 0 Å². The van der Waals surface area contributed by atoms with Crippen molar-refractivity contribution in [2.45, 2.75) is 282 Å². The van der Waals surface area contributed by atoms with Crippen LogP contribution in [0.4, 0.5) is 0 Å². The zero-order valence-electron chi connectivity index (χ0n) is 61.7. The summed E-state index contributed by atoms with van der Waals surface area (Å²) in [6.07, 6.45) is 1.55. The summed E-state index contributed by atoms with van der Waals surface area (Å²) in [5.74, 6) is -20.6. The molecular formula is C66H116N16O23. The highest BCUT2D eigenvalue weighted by Gasteiger charge is 2.39. The molecule has 16 atom stereocenters. The quantitative estimate of drug-likeness (QED) is 0.0253. The van der Waals surface area contributed by atoms with Gasteiger partial charge in [-0.1, -0.05) is 79.6 Å². The number of carboxylic acid groups (broad SMARTS) is 3. The average Bonchev–Trinajstić information content (AvgIpc) is 0.855. The average molecular weight is 1500 g/mol. The summed E-state index contributed by atoms with van der Waals surface area (Å²) in [6.45, 7) is 13.8. The molecule has 39 nitrogen and oxygen atoms in total. The monoisotopic (exact) mass is 1500 g/mol. The Morgan fingerprint density at radius 3 is 1.13 bits per heavy atom. The molecule has 0 unspecified atom stereocenters. The van der Waals surface area contributed by atoms with E-state index in [1.54, 1.807) is 20.8 Å². The molecule has 0 heterocycles. The normalized spacial score (nSPS) is 15.7. The fourth-order valence-electron chi connectivity index (χ4n) is 10.2. The SMILES string of the molecule is CCCCCCCCCC(=O)N[C@@H](CC(C)C)C(=O)N[C@H](C(=O)N[C@@H](CC(N)=O)C(=O)N[C@H](C(=O)N[C@@H](C)C(=O)N[C@@H](CCCCN)C(=O)N[C@@H](C)C(=O)N[C@@H](C)C(=O)N[C@@H](CO)C(=O)N[C@@H](CCCCN)C(=O)N[C@H](C(=O)N[C@@H](CC(=O)O)C(=O)N[C@@H](CC(=O)O)C(=O)O)[C@@H](C)CC)[C@@H](C)O)[C@@H](C)O. The van der Waals surface area contributed by atoms with E-state index in [1.165, 1.54) is 27.7 Å². The number of carbonyl (C=O) groups excluding carboxylic acids is 14. The van der Waals surface area contributed by atoms with Crippen molar-refractivity contribution in [3.05, 3.63) is 0 Å². The molecule has 25 N–H and O–H groups in total. The number of rotatable bonds is 55. The van der Waals surface area contributed by atoms with E-state index in [-0.39, 0.29) is 64.0 Å². The number of amides is 14. The molecule has 598 valence electrons. The van der Waals surface area contributed by atoms with E-state index in [9.17, 15) is 107 Å². The minimum Gasteiger partial charge on any atom is -0.481 e. The van der Waals surface area contributed by atoms with E-state index in [1.807, 2.05) is 5.32 Å². The first-order valence-corrected chi connectivity index (χ1v) is 35.5. The number of aliphatic carboxylic acids is 3. The molecule has 0 saturated carbocycles. The number of nitrogens with two attached hydrogens (primary N) is 3. The van der Waals surface area contributed by atoms with E-state index in [0.717, 1.165) is 52.4 Å². The Kier molecular flexibility index (Phi) is 46.6. The lowest BCUT2D eigenvalue weighted by atomic mass is 9.96. The number of hydrogen-bond acceptors (Lipinski definition) is 22. The summed E-state index contributed by atoms with van der Waals surface area (Å²) in [7, 11) is 0. The first kappa shape index (κ1) is 95.8. The number of nitrogens with one attached hydrogen (secondary N) is 13. The zero-order chi connectivity index (χ0) is 80.4. The molecule has 39 heteroatoms. The van der Waals surface area contributed by atoms with Gasteiger partial charge in [-0.25, -0.2) is 4.79 Å². The molecular weight excluding hydrogens is 1380 g/mol. The predicted molar refractivity (Wildman–Crippen MR) is 376 cm³/mol. The van der Waals surface area contributed by atoms with Crippen LogP contribution in [0.2, 0.25) is 0 Å². The van der Waals surface area contributed by atoms with Crippen molar-refractivity contribution in [1.29, 1.82) is 0 Å². The Morgan fingerprint density at radius 1 is 0.352 bits per heavy atom. The fraction of sp³-hybridized carbons (Fsp3) is 0.742. The number of unbranched alkanes of at least 4 members (excludes halogenated alkanes) is 8. The van der Waals surface area contributed by atoms with Crippen LogP contribution >= 0.6 is 0 Å². The molecule has 0 aliphatic carbocycles. The summed E-state index contributed by atoms with van der Waals surface area (Å²) in [5.41, 5.74) is 16.8. The number of hydrogen-bond donors (Lipinski definition) is 22. The maximum Gasteiger partial charge on any atom is 0.326 e. The Morgan fingerprint density at radius 2 is 0.695 bits per heavy atom. The number of carbonyl (C=O) groups is 17. The molecule has 0 aromatic carbocycles. The Labute approximate surface area is 610 Å². The van der Waals surface area contributed by atoms with Crippen molar-refractivity contribution in [1.82, 2.24) is 69.1 Å². The van der Waals surface area contributed by atoms with E-state index in [2.05, 4.69) is 70.7 Å². The zero-order valence-corrected chi connectivity index (χ0v) is 61.7. The highest BCUT2D eigenvalue weighted by molar-refractivity contribution is 6.01. The van der Waals surface area contributed by atoms with Crippen LogP contribution in [-0.4, -0.2) is 242 Å². The maximum atomic E-state index is 14.0. The second-order valence-corrected chi connectivity index (χ2v) is 26.5. The van der Waals surface area contributed by atoms with E-state index in [0.29, 0.717) is 19.3 Å². The summed E-state index contributed by atoms with van der Waals surface area (Å²) < 4.78 is 0. The highest BCUT2D eigenvalue weighted by Crippen LogP contribution is 2.15. The molecule has 0 saturated heterocycles. The topological polar surface area (TPSA) is 646 Å². The molecule has 0 spiro atoms. The van der Waals surface area contributed by atoms with Crippen molar-refractivity contribution in [2.75, 3.05) is 19.7 Å². The summed E-state index contributed by atoms with van der Waals surface area (Å²) in [5, 5.41) is 89.9. The van der Waals surface area contributed by atoms with E-state index < -0.39 is 223 Å². The number of aliphatic hydroxyl groups excluding tert-OH is 3. The van der Waals surface area contributed by atoms with Crippen LogP contribution in [0.25, 0.3) is 0 Å². The van der Waals surface area contributed by atoms with Crippen LogP contribution < -0.4 is 86.3 Å². The number of carboxylic acids is 3. The minimum absolute atomic E-state index is 0.0876. The van der Waals surface area contributed by atoms with Crippen LogP contribution in [0.3, 0.4) is 0 Å². The Balaban J connectivity index is 6.28. The third kappa shape index (κ3) is 38.4. The molecule has 14 amide bonds. The summed E-state index contributed by atoms with van der Waals surface area (Å²) >= 11 is 0. The molecule has 0 rings (SSSR count). The van der Waals surface area contributed by atoms with Crippen molar-refractivity contribution < 1.29 is 112 Å². The molecule has 0 aliphatic heterocycles. The lowest BCUT2D eigenvalue weighted by Gasteiger charge is -2.29. The largest absolute Gasteiger partial charge is 0.481 e. The Bertz CT molecular complexity index is 2900. The standard InChI is InChI=1S/C66H116N16O23/c1-11-13-14-15-16-17-18-25-48(87)73-42(28-33(3)4)60(98)82-53(39(10)85)65(103)76-43(29-47(69)86)61(99)81-52(38(9)84)64(102)72-37(8)55(93)74-40(23-19-21-26-67)57(95)71-35(6)54(92)70-36(7)56(94)79-46(32-83)62(100)75-41(24-20-22-27-68)58(96)80-51(34(5)12-2)63(101)77-44(30-49(88)89)59(97)78-45(66(104)105)31-50(90)91/h33-46,51-53,83-85H,11-32,67-68H2,1-10H3,(H2,69,86)(H,70,92)(H,71,95)(H,72,102)(H,73,87)(H,74,93)(H,75,100)(H,76,103)(H,77,101)(H,78,97)(H,79,94)(H,80,96)(H,81,99)(H,82,98)(H,88,89)(H,90,91)(H,104,105)/t34-,35-,36-,37-,38+,39+,40-,41-,42-,43-,44-,45-,46-,51-,52-,53-/m0/s1. The third-order valence-corrected chi connectivity index (χ3v) is 16.6. The van der Waals surface area contributed by atoms with Gasteiger partial charge in [0.2, 0.25) is 82.7 Å². The van der Waals surface area contributed by atoms with Gasteiger partial charge in [0.25, 0.3) is 0 Å². The third-order valence-electron chi connectivity index (χ3n) is 16.6. The number of aliphatic hydroxyl groups is 3. The van der Waals surface area contributed by atoms with Crippen molar-refractivity contribution in [2.24, 2.45) is 29.0 Å². The van der Waals surface area contributed by atoms with Crippen LogP contribution in [0, 0.1) is 11.8 Å². The molecule has 0 aromatic rings. The van der Waals surface area contributed by atoms with Crippen LogP contribution in [0.15, 0.2) is 0 Å². The van der Waals surface area contributed by atoms with Gasteiger partial charge < -0.3 is 117 Å². The van der Waals surface area contributed by atoms with Crippen molar-refractivity contribution >= 4 is 101 Å². The van der Waals surface area contributed by atoms with Gasteiger partial charge in [0.15, 0.2) is 0 Å². The number of primary amides is 1. The van der Waals surface area contributed by atoms with Gasteiger partial charge in [0.05, 0.1) is 38.1 Å². The molecule has 105 heavy (non-hydrogen) atoms. The minimum atomic E-state index is -2.02. The summed E-state index contributed by atoms with van der Waals surface area (Å²) in [6, 6.07) is -21.5. The van der Waals surface area contributed by atoms with Gasteiger partial charge in [-0.15, -0.1) is 0 Å². The van der Waals surface area contributed by atoms with Crippen molar-refractivity contribution in [3.8, 4) is 0 Å². The molecule has 0 radical (unpaired) electrons. The van der Waals surface area contributed by atoms with Crippen LogP contribution in [-0.2, 0) is 81.5 Å². The first-order valence-electron chi connectivity index (χ1n) is 35.5. The van der Waals surface area contributed by atoms with Crippen LogP contribution in [0.1, 0.15) is 191 Å². The lowest BCUT2D eigenvalue weighted by Crippen LogP contribution is -2.62. The molecule has 0 bridgehead atoms. The molecule has 0 aromatic heterocycles. The predicted octanol–water partition coefficient (Wildman–Crippen LogP) is -5.50. The van der Waals surface area contributed by atoms with Gasteiger partial charge in [-0.3, -0.25) is 76.7 Å². The first-order chi connectivity index (χ1) is 49.2. The fourth-order valence-corrected chi connectivity index (χ4v) is 10.2. The maximum absolute atomic E-state index is 14.0. The molecule has 0 aliphatic rings. The van der Waals surface area contributed by atoms with E-state index in [4.69, 9.17) is 22.3 Å². The Hall–Kier alpha value is -9.21. The van der Waals surface area contributed by atoms with Crippen molar-refractivity contribution in [3.63, 3.8) is 0 Å². The molecule has 0 fully saturated rings. The lowest BCUT2D eigenvalue weighted by molar-refractivity contribution is -0.148. The van der Waals surface area contributed by atoms with Gasteiger partial charge >= 0.3 is 17.9 Å².